The Morgan fingerprint density at radius 2 is 2.17 bits per heavy atom. The average molecular weight is 311 g/mol. The number of methoxy groups -OCH3 is 1. The van der Waals surface area contributed by atoms with E-state index in [-0.39, 0.29) is 0 Å². The molecule has 1 heterocycles. The van der Waals surface area contributed by atoms with Crippen LogP contribution < -0.4 is 4.74 Å². The van der Waals surface area contributed by atoms with Gasteiger partial charge in [0, 0.05) is 13.5 Å². The maximum absolute atomic E-state index is 10.3. The number of hydrogen-bond donors (Lipinski definition) is 1. The molecule has 0 aliphatic rings. The topological polar surface area (TPSA) is 47.3 Å². The van der Waals surface area contributed by atoms with Crippen molar-refractivity contribution in [1.29, 1.82) is 0 Å². The molecule has 0 spiro atoms. The summed E-state index contributed by atoms with van der Waals surface area (Å²) in [5, 5.41) is 14.4. The van der Waals surface area contributed by atoms with Gasteiger partial charge < -0.3 is 9.84 Å². The molecule has 0 aliphatic carbocycles. The molecule has 96 valence electrons. The summed E-state index contributed by atoms with van der Waals surface area (Å²) in [6, 6.07) is 7.68. The highest BCUT2D eigenvalue weighted by Gasteiger charge is 2.18. The third-order valence-electron chi connectivity index (χ3n) is 2.86. The number of rotatable bonds is 4. The van der Waals surface area contributed by atoms with Crippen LogP contribution in [0.5, 0.6) is 5.75 Å². The van der Waals surface area contributed by atoms with Crippen LogP contribution in [0.2, 0.25) is 0 Å². The Kier molecular flexibility index (Phi) is 4.04. The summed E-state index contributed by atoms with van der Waals surface area (Å²) >= 11 is 3.39. The minimum absolute atomic E-state index is 0.488. The number of hydrogen-bond acceptors (Lipinski definition) is 3. The van der Waals surface area contributed by atoms with E-state index in [1.54, 1.807) is 18.0 Å². The molecule has 0 radical (unpaired) electrons. The van der Waals surface area contributed by atoms with E-state index < -0.39 is 6.10 Å². The van der Waals surface area contributed by atoms with Crippen LogP contribution in [0.1, 0.15) is 17.4 Å². The highest BCUT2D eigenvalue weighted by atomic mass is 79.9. The molecule has 0 amide bonds. The Balaban J connectivity index is 2.24. The van der Waals surface area contributed by atoms with Gasteiger partial charge in [0.25, 0.3) is 0 Å². The van der Waals surface area contributed by atoms with Crippen molar-refractivity contribution in [1.82, 2.24) is 9.78 Å². The SMILES string of the molecule is COc1ccccc1CC(O)c1c(Br)cnn1C. The maximum Gasteiger partial charge on any atom is 0.122 e. The van der Waals surface area contributed by atoms with Gasteiger partial charge in [-0.1, -0.05) is 18.2 Å². The molecular formula is C13H15BrN2O2. The van der Waals surface area contributed by atoms with Gasteiger partial charge in [-0.15, -0.1) is 0 Å². The Hall–Kier alpha value is -1.33. The molecular weight excluding hydrogens is 296 g/mol. The van der Waals surface area contributed by atoms with Gasteiger partial charge in [-0.3, -0.25) is 4.68 Å². The number of para-hydroxylation sites is 1. The zero-order valence-corrected chi connectivity index (χ0v) is 11.9. The zero-order valence-electron chi connectivity index (χ0n) is 10.3. The summed E-state index contributed by atoms with van der Waals surface area (Å²) in [5.41, 5.74) is 1.74. The lowest BCUT2D eigenvalue weighted by Gasteiger charge is -2.14. The first-order chi connectivity index (χ1) is 8.63. The van der Waals surface area contributed by atoms with Crippen molar-refractivity contribution in [2.24, 2.45) is 7.05 Å². The Bertz CT molecular complexity index is 520. The minimum atomic E-state index is -0.622. The van der Waals surface area contributed by atoms with Crippen LogP contribution in [0.15, 0.2) is 34.9 Å². The second kappa shape index (κ2) is 5.54. The lowest BCUT2D eigenvalue weighted by atomic mass is 10.0. The van der Waals surface area contributed by atoms with Crippen molar-refractivity contribution < 1.29 is 9.84 Å². The van der Waals surface area contributed by atoms with Crippen LogP contribution in [0.3, 0.4) is 0 Å². The number of aliphatic hydroxyl groups is 1. The van der Waals surface area contributed by atoms with E-state index in [2.05, 4.69) is 21.0 Å². The molecule has 1 N–H and O–H groups in total. The number of aliphatic hydroxyl groups excluding tert-OH is 1. The molecule has 2 aromatic rings. The summed E-state index contributed by atoms with van der Waals surface area (Å²) in [6.45, 7) is 0. The fourth-order valence-corrected chi connectivity index (χ4v) is 2.58. The lowest BCUT2D eigenvalue weighted by molar-refractivity contribution is 0.166. The smallest absolute Gasteiger partial charge is 0.122 e. The summed E-state index contributed by atoms with van der Waals surface area (Å²) < 4.78 is 7.76. The van der Waals surface area contributed by atoms with Gasteiger partial charge in [0.1, 0.15) is 11.9 Å². The lowest BCUT2D eigenvalue weighted by Crippen LogP contribution is -2.09. The van der Waals surface area contributed by atoms with E-state index >= 15 is 0 Å². The number of benzene rings is 1. The number of aryl methyl sites for hydroxylation is 1. The molecule has 0 bridgehead atoms. The third kappa shape index (κ3) is 2.57. The molecule has 0 aliphatic heterocycles. The van der Waals surface area contributed by atoms with Crippen LogP contribution in [0.25, 0.3) is 0 Å². The second-order valence-electron chi connectivity index (χ2n) is 4.03. The van der Waals surface area contributed by atoms with Crippen LogP contribution in [0.4, 0.5) is 0 Å². The molecule has 1 unspecified atom stereocenters. The van der Waals surface area contributed by atoms with E-state index in [1.165, 1.54) is 0 Å². The van der Waals surface area contributed by atoms with Gasteiger partial charge >= 0.3 is 0 Å². The first-order valence-corrected chi connectivity index (χ1v) is 6.40. The first kappa shape index (κ1) is 13.1. The summed E-state index contributed by atoms with van der Waals surface area (Å²) in [6.07, 6.45) is 1.55. The second-order valence-corrected chi connectivity index (χ2v) is 4.89. The standard InChI is InChI=1S/C13H15BrN2O2/c1-16-13(10(14)8-15-16)11(17)7-9-5-3-4-6-12(9)18-2/h3-6,8,11,17H,7H2,1-2H3. The van der Waals surface area contributed by atoms with Crippen molar-refractivity contribution in [2.75, 3.05) is 7.11 Å². The zero-order chi connectivity index (χ0) is 13.1. The van der Waals surface area contributed by atoms with Crippen LogP contribution >= 0.6 is 15.9 Å². The monoisotopic (exact) mass is 310 g/mol. The molecule has 0 saturated carbocycles. The molecule has 1 aromatic heterocycles. The Morgan fingerprint density at radius 3 is 2.78 bits per heavy atom. The van der Waals surface area contributed by atoms with Crippen molar-refractivity contribution in [3.8, 4) is 5.75 Å². The van der Waals surface area contributed by atoms with Crippen LogP contribution in [-0.2, 0) is 13.5 Å². The van der Waals surface area contributed by atoms with Gasteiger partial charge in [0.15, 0.2) is 0 Å². The molecule has 0 fully saturated rings. The van der Waals surface area contributed by atoms with Gasteiger partial charge in [-0.05, 0) is 27.6 Å². The summed E-state index contributed by atoms with van der Waals surface area (Å²) in [4.78, 5) is 0. The fraction of sp³-hybridized carbons (Fsp3) is 0.308. The molecule has 2 rings (SSSR count). The molecule has 4 nitrogen and oxygen atoms in total. The maximum atomic E-state index is 10.3. The number of nitrogens with zero attached hydrogens (tertiary/aromatic N) is 2. The third-order valence-corrected chi connectivity index (χ3v) is 3.47. The quantitative estimate of drug-likeness (QED) is 0.943. The molecule has 18 heavy (non-hydrogen) atoms. The normalized spacial score (nSPS) is 12.4. The fourth-order valence-electron chi connectivity index (χ4n) is 1.97. The van der Waals surface area contributed by atoms with Gasteiger partial charge in [0.05, 0.1) is 23.5 Å². The van der Waals surface area contributed by atoms with E-state index in [0.29, 0.717) is 6.42 Å². The Labute approximate surface area is 114 Å². The summed E-state index contributed by atoms with van der Waals surface area (Å²) in [5.74, 6) is 0.787. The van der Waals surface area contributed by atoms with E-state index in [4.69, 9.17) is 4.74 Å². The molecule has 0 saturated heterocycles. The number of halogens is 1. The van der Waals surface area contributed by atoms with Crippen molar-refractivity contribution >= 4 is 15.9 Å². The predicted molar refractivity (Wildman–Crippen MR) is 72.6 cm³/mol. The van der Waals surface area contributed by atoms with Crippen molar-refractivity contribution in [3.05, 3.63) is 46.2 Å². The van der Waals surface area contributed by atoms with E-state index in [0.717, 1.165) is 21.5 Å². The Morgan fingerprint density at radius 1 is 1.44 bits per heavy atom. The van der Waals surface area contributed by atoms with E-state index in [9.17, 15) is 5.11 Å². The van der Waals surface area contributed by atoms with Crippen LogP contribution in [-0.4, -0.2) is 22.0 Å². The largest absolute Gasteiger partial charge is 0.496 e. The molecule has 5 heteroatoms. The molecule has 1 aromatic carbocycles. The average Bonchev–Trinajstić information content (AvgIpc) is 2.69. The van der Waals surface area contributed by atoms with Crippen molar-refractivity contribution in [2.45, 2.75) is 12.5 Å². The minimum Gasteiger partial charge on any atom is -0.496 e. The summed E-state index contributed by atoms with van der Waals surface area (Å²) in [7, 11) is 3.44. The van der Waals surface area contributed by atoms with Gasteiger partial charge in [0.2, 0.25) is 0 Å². The highest BCUT2D eigenvalue weighted by Crippen LogP contribution is 2.28. The van der Waals surface area contributed by atoms with Crippen LogP contribution in [0, 0.1) is 0 Å². The van der Waals surface area contributed by atoms with Gasteiger partial charge in [-0.25, -0.2) is 0 Å². The van der Waals surface area contributed by atoms with Crippen molar-refractivity contribution in [3.63, 3.8) is 0 Å². The molecule has 1 atom stereocenters. The highest BCUT2D eigenvalue weighted by molar-refractivity contribution is 9.10. The predicted octanol–water partition coefficient (Wildman–Crippen LogP) is 2.47. The van der Waals surface area contributed by atoms with E-state index in [1.807, 2.05) is 31.3 Å². The number of ether oxygens (including phenoxy) is 1. The number of aromatic nitrogens is 2. The first-order valence-electron chi connectivity index (χ1n) is 5.61. The van der Waals surface area contributed by atoms with Gasteiger partial charge in [-0.2, -0.15) is 5.10 Å².